The van der Waals surface area contributed by atoms with Crippen LogP contribution in [0.25, 0.3) is 0 Å². The first-order chi connectivity index (χ1) is 13.7. The molecule has 0 amide bonds. The number of hydrogen-bond acceptors (Lipinski definition) is 7. The standard InChI is InChI=1S/C22H32N2O5/c1-13(2)23-11-21(15-5-7-17(25)19(27)9-15)29-22(12-24-14(3)4)16-6-8-18(26)20(28)10-16/h5-10,13-14,21-28H,11-12H2,1-4H3. The first-order valence-electron chi connectivity index (χ1n) is 9.83. The summed E-state index contributed by atoms with van der Waals surface area (Å²) in [7, 11) is 0. The maximum Gasteiger partial charge on any atom is 0.157 e. The topological polar surface area (TPSA) is 114 Å². The van der Waals surface area contributed by atoms with Crippen molar-refractivity contribution < 1.29 is 25.2 Å². The van der Waals surface area contributed by atoms with Gasteiger partial charge in [-0.05, 0) is 35.4 Å². The van der Waals surface area contributed by atoms with Crippen LogP contribution in [0.4, 0.5) is 0 Å². The Morgan fingerprint density at radius 1 is 0.655 bits per heavy atom. The molecule has 0 saturated carbocycles. The summed E-state index contributed by atoms with van der Waals surface area (Å²) >= 11 is 0. The molecule has 7 heteroatoms. The van der Waals surface area contributed by atoms with Crippen LogP contribution in [0.15, 0.2) is 36.4 Å². The Morgan fingerprint density at radius 3 is 1.34 bits per heavy atom. The summed E-state index contributed by atoms with van der Waals surface area (Å²) < 4.78 is 6.40. The quantitative estimate of drug-likeness (QED) is 0.337. The van der Waals surface area contributed by atoms with Crippen molar-refractivity contribution in [2.75, 3.05) is 13.1 Å². The monoisotopic (exact) mass is 404 g/mol. The van der Waals surface area contributed by atoms with E-state index in [9.17, 15) is 20.4 Å². The van der Waals surface area contributed by atoms with Gasteiger partial charge in [0, 0.05) is 25.2 Å². The Morgan fingerprint density at radius 2 is 1.03 bits per heavy atom. The summed E-state index contributed by atoms with van der Waals surface area (Å²) in [5, 5.41) is 45.8. The number of benzene rings is 2. The summed E-state index contributed by atoms with van der Waals surface area (Å²) in [6.45, 7) is 9.10. The zero-order chi connectivity index (χ0) is 21.6. The Kier molecular flexibility index (Phi) is 8.13. The summed E-state index contributed by atoms with van der Waals surface area (Å²) in [5.74, 6) is -0.795. The van der Waals surface area contributed by atoms with E-state index in [2.05, 4.69) is 10.6 Å². The molecule has 2 rings (SSSR count). The van der Waals surface area contributed by atoms with Crippen LogP contribution in [0.5, 0.6) is 23.0 Å². The van der Waals surface area contributed by atoms with Crippen molar-refractivity contribution in [2.45, 2.75) is 52.0 Å². The van der Waals surface area contributed by atoms with Gasteiger partial charge in [-0.3, -0.25) is 0 Å². The van der Waals surface area contributed by atoms with E-state index < -0.39 is 12.2 Å². The number of phenols is 4. The lowest BCUT2D eigenvalue weighted by atomic mass is 10.0. The highest BCUT2D eigenvalue weighted by molar-refractivity contribution is 5.42. The number of rotatable bonds is 10. The molecular formula is C22H32N2O5. The first kappa shape index (κ1) is 22.8. The fraction of sp³-hybridized carbons (Fsp3) is 0.455. The highest BCUT2D eigenvalue weighted by Gasteiger charge is 2.22. The fourth-order valence-electron chi connectivity index (χ4n) is 2.85. The Labute approximate surface area is 172 Å². The second kappa shape index (κ2) is 10.3. The molecule has 0 aromatic heterocycles. The molecule has 0 fully saturated rings. The van der Waals surface area contributed by atoms with Gasteiger partial charge in [0.2, 0.25) is 0 Å². The van der Waals surface area contributed by atoms with Crippen LogP contribution in [0, 0.1) is 0 Å². The van der Waals surface area contributed by atoms with Crippen molar-refractivity contribution >= 4 is 0 Å². The molecule has 0 spiro atoms. The number of hydrogen-bond donors (Lipinski definition) is 6. The third-order valence-electron chi connectivity index (χ3n) is 4.49. The Hall–Kier alpha value is -2.48. The molecule has 2 aromatic carbocycles. The van der Waals surface area contributed by atoms with Crippen LogP contribution in [0.3, 0.4) is 0 Å². The van der Waals surface area contributed by atoms with Crippen molar-refractivity contribution in [2.24, 2.45) is 0 Å². The van der Waals surface area contributed by atoms with Gasteiger partial charge in [-0.15, -0.1) is 0 Å². The second-order valence-electron chi connectivity index (χ2n) is 7.74. The van der Waals surface area contributed by atoms with Crippen LogP contribution in [-0.4, -0.2) is 45.6 Å². The molecule has 2 unspecified atom stereocenters. The molecule has 2 atom stereocenters. The van der Waals surface area contributed by atoms with Gasteiger partial charge in [-0.25, -0.2) is 0 Å². The van der Waals surface area contributed by atoms with Crippen LogP contribution in [-0.2, 0) is 4.74 Å². The van der Waals surface area contributed by atoms with Crippen LogP contribution < -0.4 is 10.6 Å². The molecule has 0 aliphatic rings. The van der Waals surface area contributed by atoms with Gasteiger partial charge in [0.05, 0.1) is 12.2 Å². The van der Waals surface area contributed by atoms with Crippen LogP contribution in [0.1, 0.15) is 51.0 Å². The van der Waals surface area contributed by atoms with Crippen LogP contribution in [0.2, 0.25) is 0 Å². The van der Waals surface area contributed by atoms with Gasteiger partial charge in [0.1, 0.15) is 0 Å². The van der Waals surface area contributed by atoms with E-state index in [4.69, 9.17) is 4.74 Å². The number of nitrogens with one attached hydrogen (secondary N) is 2. The van der Waals surface area contributed by atoms with E-state index in [-0.39, 0.29) is 35.1 Å². The smallest absolute Gasteiger partial charge is 0.157 e. The zero-order valence-corrected chi connectivity index (χ0v) is 17.4. The SMILES string of the molecule is CC(C)NCC(OC(CNC(C)C)c1ccc(O)c(O)c1)c1ccc(O)c(O)c1. The predicted octanol–water partition coefficient (Wildman–Crippen LogP) is 3.30. The predicted molar refractivity (Wildman–Crippen MR) is 112 cm³/mol. The van der Waals surface area contributed by atoms with Gasteiger partial charge >= 0.3 is 0 Å². The minimum absolute atomic E-state index is 0.189. The van der Waals surface area contributed by atoms with E-state index in [1.165, 1.54) is 24.3 Å². The summed E-state index contributed by atoms with van der Waals surface area (Å²) in [4.78, 5) is 0. The molecule has 7 nitrogen and oxygen atoms in total. The number of phenolic OH excluding ortho intramolecular Hbond substituents is 4. The maximum atomic E-state index is 9.92. The Balaban J connectivity index is 2.33. The van der Waals surface area contributed by atoms with E-state index in [1.54, 1.807) is 12.1 Å². The van der Waals surface area contributed by atoms with Gasteiger partial charge in [0.15, 0.2) is 23.0 Å². The summed E-state index contributed by atoms with van der Waals surface area (Å²) in [6.07, 6.45) is -0.836. The molecule has 6 N–H and O–H groups in total. The van der Waals surface area contributed by atoms with E-state index >= 15 is 0 Å². The molecular weight excluding hydrogens is 372 g/mol. The van der Waals surface area contributed by atoms with Gasteiger partial charge < -0.3 is 35.8 Å². The van der Waals surface area contributed by atoms with Gasteiger partial charge in [-0.1, -0.05) is 39.8 Å². The number of aromatic hydroxyl groups is 4. The molecule has 0 heterocycles. The minimum Gasteiger partial charge on any atom is -0.504 e. The third-order valence-corrected chi connectivity index (χ3v) is 4.49. The average molecular weight is 405 g/mol. The van der Waals surface area contributed by atoms with Gasteiger partial charge in [0.25, 0.3) is 0 Å². The minimum atomic E-state index is -0.418. The molecule has 0 bridgehead atoms. The lowest BCUT2D eigenvalue weighted by molar-refractivity contribution is -0.0157. The maximum absolute atomic E-state index is 9.92. The molecule has 29 heavy (non-hydrogen) atoms. The highest BCUT2D eigenvalue weighted by atomic mass is 16.5. The van der Waals surface area contributed by atoms with E-state index in [1.807, 2.05) is 27.7 Å². The van der Waals surface area contributed by atoms with Crippen molar-refractivity contribution in [1.82, 2.24) is 10.6 Å². The van der Waals surface area contributed by atoms with Crippen molar-refractivity contribution in [3.05, 3.63) is 47.5 Å². The van der Waals surface area contributed by atoms with Crippen LogP contribution >= 0.6 is 0 Å². The number of ether oxygens (including phenoxy) is 1. The fourth-order valence-corrected chi connectivity index (χ4v) is 2.85. The molecule has 0 aliphatic carbocycles. The lowest BCUT2D eigenvalue weighted by Gasteiger charge is -2.28. The summed E-state index contributed by atoms with van der Waals surface area (Å²) in [6, 6.07) is 9.74. The molecule has 0 radical (unpaired) electrons. The third kappa shape index (κ3) is 6.81. The molecule has 0 saturated heterocycles. The second-order valence-corrected chi connectivity index (χ2v) is 7.74. The molecule has 2 aromatic rings. The van der Waals surface area contributed by atoms with E-state index in [0.717, 1.165) is 0 Å². The zero-order valence-electron chi connectivity index (χ0n) is 17.4. The molecule has 160 valence electrons. The van der Waals surface area contributed by atoms with Crippen molar-refractivity contribution in [3.8, 4) is 23.0 Å². The molecule has 0 aliphatic heterocycles. The largest absolute Gasteiger partial charge is 0.504 e. The normalized spacial score (nSPS) is 13.7. The van der Waals surface area contributed by atoms with E-state index in [0.29, 0.717) is 24.2 Å². The van der Waals surface area contributed by atoms with Gasteiger partial charge in [-0.2, -0.15) is 0 Å². The summed E-state index contributed by atoms with van der Waals surface area (Å²) in [5.41, 5.74) is 1.43. The van der Waals surface area contributed by atoms with Crippen molar-refractivity contribution in [3.63, 3.8) is 0 Å². The highest BCUT2D eigenvalue weighted by Crippen LogP contribution is 2.34. The Bertz CT molecular complexity index is 729. The average Bonchev–Trinajstić information content (AvgIpc) is 2.65. The first-order valence-corrected chi connectivity index (χ1v) is 9.83. The lowest BCUT2D eigenvalue weighted by Crippen LogP contribution is -2.33. The van der Waals surface area contributed by atoms with Crippen molar-refractivity contribution in [1.29, 1.82) is 0 Å².